The van der Waals surface area contributed by atoms with Gasteiger partial charge in [0.05, 0.1) is 13.1 Å². The normalized spacial score (nSPS) is 12.1. The topological polar surface area (TPSA) is 85.3 Å². The first-order chi connectivity index (χ1) is 11.6. The number of hydrogen-bond acceptors (Lipinski definition) is 7. The standard InChI is InChI=1S/C17H28N2O5.2Na.2H/c1-2-3-4-5-6-7-8-9-10-11-15(20)23-16(21)17(22)24-19-13-12-18-14-19;;;;/h14H,2-13H2,1H3;;;;/q;2*+1;2*-1. The van der Waals surface area contributed by atoms with Gasteiger partial charge in [0.25, 0.3) is 0 Å². The molecule has 0 N–H and O–H groups in total. The molecular weight excluding hydrogens is 358 g/mol. The van der Waals surface area contributed by atoms with Gasteiger partial charge in [0.15, 0.2) is 0 Å². The Bertz CT molecular complexity index is 457. The number of aliphatic imine (C=N–C) groups is 1. The van der Waals surface area contributed by atoms with Crippen LogP contribution in [0.1, 0.15) is 74.0 Å². The average molecular weight is 388 g/mol. The summed E-state index contributed by atoms with van der Waals surface area (Å²) in [5.41, 5.74) is 0. The van der Waals surface area contributed by atoms with Crippen molar-refractivity contribution in [3.05, 3.63) is 0 Å². The van der Waals surface area contributed by atoms with Crippen LogP contribution in [0.15, 0.2) is 4.99 Å². The summed E-state index contributed by atoms with van der Waals surface area (Å²) in [6.07, 6.45) is 11.6. The summed E-state index contributed by atoms with van der Waals surface area (Å²) in [5, 5.41) is 1.13. The molecule has 0 atom stereocenters. The molecule has 0 aromatic heterocycles. The molecule has 1 heterocycles. The minimum atomic E-state index is -1.28. The van der Waals surface area contributed by atoms with Crippen LogP contribution in [0.2, 0.25) is 0 Å². The molecule has 0 aliphatic carbocycles. The zero-order valence-corrected chi connectivity index (χ0v) is 20.5. The van der Waals surface area contributed by atoms with Crippen LogP contribution in [0, 0.1) is 0 Å². The van der Waals surface area contributed by atoms with Crippen molar-refractivity contribution in [3.8, 4) is 0 Å². The Kier molecular flexibility index (Phi) is 20.1. The maximum Gasteiger partial charge on any atom is 1.00 e. The first-order valence-corrected chi connectivity index (χ1v) is 8.87. The van der Waals surface area contributed by atoms with Crippen molar-refractivity contribution in [1.29, 1.82) is 0 Å². The molecular formula is C17H30N2Na2O5. The van der Waals surface area contributed by atoms with Crippen LogP contribution < -0.4 is 59.1 Å². The molecule has 7 nitrogen and oxygen atoms in total. The van der Waals surface area contributed by atoms with Gasteiger partial charge in [-0.15, -0.1) is 0 Å². The van der Waals surface area contributed by atoms with Gasteiger partial charge in [-0.05, 0) is 6.42 Å². The molecule has 1 rings (SSSR count). The van der Waals surface area contributed by atoms with Crippen molar-refractivity contribution in [2.24, 2.45) is 4.99 Å². The first-order valence-electron chi connectivity index (χ1n) is 8.87. The van der Waals surface area contributed by atoms with Crippen LogP contribution in [0.4, 0.5) is 0 Å². The van der Waals surface area contributed by atoms with Gasteiger partial charge in [-0.2, -0.15) is 5.06 Å². The molecule has 0 bridgehead atoms. The minimum Gasteiger partial charge on any atom is -1.00 e. The summed E-state index contributed by atoms with van der Waals surface area (Å²) in [7, 11) is 0. The third-order valence-electron chi connectivity index (χ3n) is 3.72. The molecule has 0 spiro atoms. The Morgan fingerprint density at radius 2 is 1.54 bits per heavy atom. The Hall–Kier alpha value is 0.0800. The quantitative estimate of drug-likeness (QED) is 0.123. The number of unbranched alkanes of at least 4 members (excludes halogenated alkanes) is 8. The number of carbonyl (C=O) groups is 3. The Morgan fingerprint density at radius 1 is 0.962 bits per heavy atom. The van der Waals surface area contributed by atoms with E-state index in [-0.39, 0.29) is 68.4 Å². The maximum absolute atomic E-state index is 11.5. The molecule has 0 saturated carbocycles. The number of hydrogen-bond donors (Lipinski definition) is 0. The van der Waals surface area contributed by atoms with E-state index < -0.39 is 17.9 Å². The van der Waals surface area contributed by atoms with E-state index in [0.717, 1.165) is 17.9 Å². The van der Waals surface area contributed by atoms with Crippen molar-refractivity contribution in [2.45, 2.75) is 71.1 Å². The van der Waals surface area contributed by atoms with Gasteiger partial charge in [-0.25, -0.2) is 9.59 Å². The summed E-state index contributed by atoms with van der Waals surface area (Å²) in [5.74, 6) is -3.17. The molecule has 0 saturated heterocycles. The molecule has 0 amide bonds. The fraction of sp³-hybridized carbons (Fsp3) is 0.765. The zero-order valence-electron chi connectivity index (χ0n) is 18.5. The number of esters is 2. The Labute approximate surface area is 203 Å². The molecule has 140 valence electrons. The van der Waals surface area contributed by atoms with E-state index >= 15 is 0 Å². The largest absolute Gasteiger partial charge is 1.00 e. The van der Waals surface area contributed by atoms with Gasteiger partial charge < -0.3 is 12.4 Å². The molecule has 0 aromatic rings. The first kappa shape index (κ1) is 28.3. The van der Waals surface area contributed by atoms with Crippen LogP contribution in [-0.4, -0.2) is 42.4 Å². The predicted octanol–water partition coefficient (Wildman–Crippen LogP) is -2.99. The van der Waals surface area contributed by atoms with Gasteiger partial charge in [0.2, 0.25) is 0 Å². The second kappa shape index (κ2) is 18.4. The number of ether oxygens (including phenoxy) is 1. The molecule has 9 heteroatoms. The van der Waals surface area contributed by atoms with E-state index in [1.54, 1.807) is 0 Å². The summed E-state index contributed by atoms with van der Waals surface area (Å²) < 4.78 is 4.47. The third-order valence-corrected chi connectivity index (χ3v) is 3.72. The Morgan fingerprint density at radius 3 is 2.08 bits per heavy atom. The van der Waals surface area contributed by atoms with E-state index in [2.05, 4.69) is 16.7 Å². The van der Waals surface area contributed by atoms with Gasteiger partial charge in [-0.1, -0.05) is 58.3 Å². The maximum atomic E-state index is 11.5. The van der Waals surface area contributed by atoms with E-state index in [0.29, 0.717) is 19.5 Å². The molecule has 1 aliphatic heterocycles. The van der Waals surface area contributed by atoms with Crippen LogP contribution in [0.3, 0.4) is 0 Å². The fourth-order valence-corrected chi connectivity index (χ4v) is 2.35. The van der Waals surface area contributed by atoms with Gasteiger partial charge in [0, 0.05) is 6.42 Å². The van der Waals surface area contributed by atoms with Crippen molar-refractivity contribution < 1.29 is 85.9 Å². The van der Waals surface area contributed by atoms with Crippen LogP contribution in [0.25, 0.3) is 0 Å². The summed E-state index contributed by atoms with van der Waals surface area (Å²) in [6.45, 7) is 3.09. The van der Waals surface area contributed by atoms with Crippen LogP contribution in [-0.2, 0) is 24.0 Å². The van der Waals surface area contributed by atoms with E-state index in [1.807, 2.05) is 0 Å². The number of rotatable bonds is 11. The zero-order chi connectivity index (χ0) is 17.6. The van der Waals surface area contributed by atoms with Gasteiger partial charge >= 0.3 is 77.0 Å². The van der Waals surface area contributed by atoms with Gasteiger partial charge in [-0.3, -0.25) is 9.79 Å². The SMILES string of the molecule is CCCCCCCCCCCC(=O)OC(=O)C(=O)ON1C=NCC1.[H-].[H-].[Na+].[Na+]. The van der Waals surface area contributed by atoms with Crippen LogP contribution >= 0.6 is 0 Å². The summed E-state index contributed by atoms with van der Waals surface area (Å²) >= 11 is 0. The van der Waals surface area contributed by atoms with E-state index in [1.165, 1.54) is 44.9 Å². The van der Waals surface area contributed by atoms with Crippen molar-refractivity contribution in [2.75, 3.05) is 13.1 Å². The van der Waals surface area contributed by atoms with Crippen molar-refractivity contribution >= 4 is 24.2 Å². The summed E-state index contributed by atoms with van der Waals surface area (Å²) in [6, 6.07) is 0. The van der Waals surface area contributed by atoms with E-state index in [9.17, 15) is 14.4 Å². The number of hydroxylamine groups is 2. The minimum absolute atomic E-state index is 0. The predicted molar refractivity (Wildman–Crippen MR) is 91.3 cm³/mol. The number of nitrogens with zero attached hydrogens (tertiary/aromatic N) is 2. The molecule has 0 unspecified atom stereocenters. The van der Waals surface area contributed by atoms with Gasteiger partial charge in [0.1, 0.15) is 6.34 Å². The second-order valence-corrected chi connectivity index (χ2v) is 5.88. The second-order valence-electron chi connectivity index (χ2n) is 5.88. The molecule has 1 aliphatic rings. The molecule has 0 radical (unpaired) electrons. The molecule has 0 aromatic carbocycles. The Balaban J connectivity index is -0.000000720. The third kappa shape index (κ3) is 14.2. The molecule has 26 heavy (non-hydrogen) atoms. The summed E-state index contributed by atoms with van der Waals surface area (Å²) in [4.78, 5) is 42.8. The molecule has 0 fully saturated rings. The smallest absolute Gasteiger partial charge is 1.00 e. The van der Waals surface area contributed by atoms with E-state index in [4.69, 9.17) is 4.84 Å². The van der Waals surface area contributed by atoms with Crippen LogP contribution in [0.5, 0.6) is 0 Å². The monoisotopic (exact) mass is 388 g/mol. The van der Waals surface area contributed by atoms with Crippen molar-refractivity contribution in [3.63, 3.8) is 0 Å². The number of carbonyl (C=O) groups excluding carboxylic acids is 3. The van der Waals surface area contributed by atoms with Crippen molar-refractivity contribution in [1.82, 2.24) is 5.06 Å². The fourth-order valence-electron chi connectivity index (χ4n) is 2.35. The average Bonchev–Trinajstić information content (AvgIpc) is 3.06.